The van der Waals surface area contributed by atoms with E-state index in [2.05, 4.69) is 25.7 Å². The highest BCUT2D eigenvalue weighted by molar-refractivity contribution is 8.01. The van der Waals surface area contributed by atoms with E-state index in [0.717, 1.165) is 0 Å². The van der Waals surface area contributed by atoms with Gasteiger partial charge in [0.2, 0.25) is 16.9 Å². The zero-order valence-electron chi connectivity index (χ0n) is 15.4. The number of hydrogen-bond donors (Lipinski definition) is 1. The molecule has 0 radical (unpaired) electrons. The molecule has 0 fully saturated rings. The Hall–Kier alpha value is -3.38. The number of rotatable bonds is 7. The molecule has 0 amide bonds. The fraction of sp³-hybridized carbons (Fsp3) is 0.111. The Balaban J connectivity index is 1.41. The van der Waals surface area contributed by atoms with Gasteiger partial charge in [-0.15, -0.1) is 20.4 Å². The standard InChI is InChI=1S/C18H13FN6O3S2/c1-10(15-21-22-16(28-15)11-2-8-14(9-3-11)25(26)27)29-18-24-23-17(30-18)20-13-6-4-12(19)5-7-13/h2-10H,1H3,(H,20,23). The lowest BCUT2D eigenvalue weighted by Gasteiger charge is -2.02. The Morgan fingerprint density at radius 3 is 2.53 bits per heavy atom. The molecule has 4 rings (SSSR count). The molecule has 1 atom stereocenters. The second kappa shape index (κ2) is 8.55. The lowest BCUT2D eigenvalue weighted by molar-refractivity contribution is -0.384. The summed E-state index contributed by atoms with van der Waals surface area (Å²) in [7, 11) is 0. The van der Waals surface area contributed by atoms with Crippen LogP contribution in [0.5, 0.6) is 0 Å². The summed E-state index contributed by atoms with van der Waals surface area (Å²) in [5.41, 5.74) is 1.30. The Bertz CT molecular complexity index is 1160. The highest BCUT2D eigenvalue weighted by atomic mass is 32.2. The summed E-state index contributed by atoms with van der Waals surface area (Å²) < 4.78 is 19.4. The third kappa shape index (κ3) is 4.60. The number of benzene rings is 2. The van der Waals surface area contributed by atoms with Crippen molar-refractivity contribution in [3.63, 3.8) is 0 Å². The summed E-state index contributed by atoms with van der Waals surface area (Å²) in [5.74, 6) is 0.371. The smallest absolute Gasteiger partial charge is 0.269 e. The molecule has 12 heteroatoms. The molecular weight excluding hydrogens is 431 g/mol. The van der Waals surface area contributed by atoms with E-state index in [1.54, 1.807) is 24.3 Å². The predicted octanol–water partition coefficient (Wildman–Crippen LogP) is 5.23. The molecular formula is C18H13FN6O3S2. The zero-order chi connectivity index (χ0) is 21.1. The van der Waals surface area contributed by atoms with Gasteiger partial charge in [0.1, 0.15) is 5.82 Å². The molecule has 0 aliphatic carbocycles. The Kier molecular flexibility index (Phi) is 5.68. The zero-order valence-corrected chi connectivity index (χ0v) is 17.0. The van der Waals surface area contributed by atoms with Gasteiger partial charge in [-0.2, -0.15) is 0 Å². The van der Waals surface area contributed by atoms with Crippen molar-refractivity contribution in [2.45, 2.75) is 16.5 Å². The number of nitro groups is 1. The number of nitro benzene ring substituents is 1. The fourth-order valence-corrected chi connectivity index (χ4v) is 4.35. The van der Waals surface area contributed by atoms with E-state index in [-0.39, 0.29) is 22.6 Å². The van der Waals surface area contributed by atoms with Crippen LogP contribution in [0.25, 0.3) is 11.5 Å². The first kappa shape index (κ1) is 19.9. The first-order valence-electron chi connectivity index (χ1n) is 8.59. The maximum absolute atomic E-state index is 13.0. The topological polar surface area (TPSA) is 120 Å². The van der Waals surface area contributed by atoms with Crippen molar-refractivity contribution < 1.29 is 13.7 Å². The predicted molar refractivity (Wildman–Crippen MR) is 110 cm³/mol. The van der Waals surface area contributed by atoms with Gasteiger partial charge in [-0.1, -0.05) is 23.1 Å². The van der Waals surface area contributed by atoms with E-state index in [1.165, 1.54) is 47.4 Å². The van der Waals surface area contributed by atoms with Crippen LogP contribution < -0.4 is 5.32 Å². The summed E-state index contributed by atoms with van der Waals surface area (Å²) >= 11 is 2.75. The van der Waals surface area contributed by atoms with E-state index in [0.29, 0.717) is 26.6 Å². The van der Waals surface area contributed by atoms with Gasteiger partial charge in [0.05, 0.1) is 10.2 Å². The van der Waals surface area contributed by atoms with Crippen molar-refractivity contribution in [1.82, 2.24) is 20.4 Å². The van der Waals surface area contributed by atoms with Gasteiger partial charge < -0.3 is 9.73 Å². The van der Waals surface area contributed by atoms with Crippen LogP contribution in [0.1, 0.15) is 18.1 Å². The van der Waals surface area contributed by atoms with Gasteiger partial charge in [0.15, 0.2) is 4.34 Å². The highest BCUT2D eigenvalue weighted by Gasteiger charge is 2.19. The van der Waals surface area contributed by atoms with Crippen molar-refractivity contribution >= 4 is 39.6 Å². The van der Waals surface area contributed by atoms with Gasteiger partial charge >= 0.3 is 0 Å². The maximum atomic E-state index is 13.0. The van der Waals surface area contributed by atoms with Crippen LogP contribution in [0.15, 0.2) is 57.3 Å². The molecule has 2 aromatic heterocycles. The van der Waals surface area contributed by atoms with Crippen LogP contribution in [0.4, 0.5) is 20.9 Å². The van der Waals surface area contributed by atoms with E-state index >= 15 is 0 Å². The van der Waals surface area contributed by atoms with Gasteiger partial charge in [0, 0.05) is 23.4 Å². The van der Waals surface area contributed by atoms with E-state index in [4.69, 9.17) is 4.42 Å². The van der Waals surface area contributed by atoms with Crippen molar-refractivity contribution in [3.8, 4) is 11.5 Å². The third-order valence-electron chi connectivity index (χ3n) is 3.89. The number of nitrogens with one attached hydrogen (secondary N) is 1. The summed E-state index contributed by atoms with van der Waals surface area (Å²) in [6, 6.07) is 11.8. The molecule has 4 aromatic rings. The first-order valence-corrected chi connectivity index (χ1v) is 10.3. The average Bonchev–Trinajstić information content (AvgIpc) is 3.40. The van der Waals surface area contributed by atoms with E-state index < -0.39 is 4.92 Å². The molecule has 0 bridgehead atoms. The number of nitrogens with zero attached hydrogens (tertiary/aromatic N) is 5. The molecule has 0 saturated heterocycles. The number of aromatic nitrogens is 4. The summed E-state index contributed by atoms with van der Waals surface area (Å²) in [5, 5.41) is 30.5. The number of halogens is 1. The minimum atomic E-state index is -0.469. The van der Waals surface area contributed by atoms with Crippen molar-refractivity contribution in [1.29, 1.82) is 0 Å². The fourth-order valence-electron chi connectivity index (χ4n) is 2.41. The Morgan fingerprint density at radius 2 is 1.83 bits per heavy atom. The quantitative estimate of drug-likeness (QED) is 0.232. The number of non-ortho nitro benzene ring substituents is 1. The van der Waals surface area contributed by atoms with Gasteiger partial charge in [-0.25, -0.2) is 4.39 Å². The summed E-state index contributed by atoms with van der Waals surface area (Å²) in [6.07, 6.45) is 0. The molecule has 152 valence electrons. The summed E-state index contributed by atoms with van der Waals surface area (Å²) in [4.78, 5) is 10.3. The Morgan fingerprint density at radius 1 is 1.10 bits per heavy atom. The molecule has 1 N–H and O–H groups in total. The van der Waals surface area contributed by atoms with Gasteiger partial charge in [-0.3, -0.25) is 10.1 Å². The molecule has 1 unspecified atom stereocenters. The lowest BCUT2D eigenvalue weighted by atomic mass is 10.2. The van der Waals surface area contributed by atoms with Crippen molar-refractivity contribution in [2.24, 2.45) is 0 Å². The minimum Gasteiger partial charge on any atom is -0.419 e. The maximum Gasteiger partial charge on any atom is 0.269 e. The molecule has 0 aliphatic heterocycles. The molecule has 0 spiro atoms. The molecule has 30 heavy (non-hydrogen) atoms. The molecule has 2 heterocycles. The van der Waals surface area contributed by atoms with Crippen LogP contribution >= 0.6 is 23.1 Å². The summed E-state index contributed by atoms with van der Waals surface area (Å²) in [6.45, 7) is 1.90. The van der Waals surface area contributed by atoms with Gasteiger partial charge in [0.25, 0.3) is 5.69 Å². The third-order valence-corrected chi connectivity index (χ3v) is 5.90. The first-order chi connectivity index (χ1) is 14.5. The number of hydrogen-bond acceptors (Lipinski definition) is 10. The lowest BCUT2D eigenvalue weighted by Crippen LogP contribution is -1.89. The van der Waals surface area contributed by atoms with Crippen LogP contribution in [0.3, 0.4) is 0 Å². The number of thioether (sulfide) groups is 1. The largest absolute Gasteiger partial charge is 0.419 e. The van der Waals surface area contributed by atoms with Crippen molar-refractivity contribution in [3.05, 3.63) is 70.4 Å². The normalized spacial score (nSPS) is 11.9. The second-order valence-electron chi connectivity index (χ2n) is 6.01. The van der Waals surface area contributed by atoms with Crippen LogP contribution in [0, 0.1) is 15.9 Å². The number of anilines is 2. The van der Waals surface area contributed by atoms with E-state index in [1.807, 2.05) is 6.92 Å². The SMILES string of the molecule is CC(Sc1nnc(Nc2ccc(F)cc2)s1)c1nnc(-c2ccc([N+](=O)[O-])cc2)o1. The minimum absolute atomic E-state index is 0.0104. The monoisotopic (exact) mass is 444 g/mol. The van der Waals surface area contributed by atoms with Crippen LogP contribution in [0.2, 0.25) is 0 Å². The average molecular weight is 444 g/mol. The Labute approximate surface area is 177 Å². The van der Waals surface area contributed by atoms with Crippen LogP contribution in [-0.2, 0) is 0 Å². The second-order valence-corrected chi connectivity index (χ2v) is 8.58. The van der Waals surface area contributed by atoms with E-state index in [9.17, 15) is 14.5 Å². The highest BCUT2D eigenvalue weighted by Crippen LogP contribution is 2.38. The molecule has 0 saturated carbocycles. The van der Waals surface area contributed by atoms with Crippen molar-refractivity contribution in [2.75, 3.05) is 5.32 Å². The van der Waals surface area contributed by atoms with Crippen LogP contribution in [-0.4, -0.2) is 25.3 Å². The molecule has 9 nitrogen and oxygen atoms in total. The molecule has 2 aromatic carbocycles. The molecule has 0 aliphatic rings. The van der Waals surface area contributed by atoms with Gasteiger partial charge in [-0.05, 0) is 43.3 Å².